The van der Waals surface area contributed by atoms with Crippen molar-refractivity contribution >= 4 is 28.8 Å². The number of hydrogen-bond donors (Lipinski definition) is 2. The van der Waals surface area contributed by atoms with Crippen molar-refractivity contribution in [3.05, 3.63) is 56.2 Å². The predicted octanol–water partition coefficient (Wildman–Crippen LogP) is 0.509. The standard InChI is InChI=1S/C16H17N5O3S/c1-9-3-5-10(6-4-9)8-25-16-18-13-12(21(16)7-11(17)22)14(23)19-15(24)20(13)2/h3-6H,7-8H2,1-2H3,(H2,17,22)(H,19,23,24). The molecule has 3 N–H and O–H groups in total. The molecule has 1 amide bonds. The molecule has 0 atom stereocenters. The second-order valence-electron chi connectivity index (χ2n) is 5.71. The van der Waals surface area contributed by atoms with E-state index in [9.17, 15) is 14.4 Å². The number of H-pyrrole nitrogens is 1. The van der Waals surface area contributed by atoms with Crippen LogP contribution in [0.4, 0.5) is 0 Å². The van der Waals surface area contributed by atoms with Crippen LogP contribution in [0.5, 0.6) is 0 Å². The van der Waals surface area contributed by atoms with Crippen LogP contribution in [0.1, 0.15) is 11.1 Å². The van der Waals surface area contributed by atoms with Gasteiger partial charge in [-0.25, -0.2) is 9.78 Å². The molecule has 0 aliphatic carbocycles. The highest BCUT2D eigenvalue weighted by atomic mass is 32.2. The van der Waals surface area contributed by atoms with Gasteiger partial charge in [0, 0.05) is 12.8 Å². The molecular formula is C16H17N5O3S. The maximum absolute atomic E-state index is 12.2. The molecule has 0 bridgehead atoms. The number of aryl methyl sites for hydroxylation is 2. The SMILES string of the molecule is Cc1ccc(CSc2nc3c(c(=O)[nH]c(=O)n3C)n2CC(N)=O)cc1. The first-order valence-corrected chi connectivity index (χ1v) is 8.51. The molecule has 0 spiro atoms. The molecule has 9 heteroatoms. The van der Waals surface area contributed by atoms with Crippen LogP contribution in [0.25, 0.3) is 11.2 Å². The lowest BCUT2D eigenvalue weighted by Gasteiger charge is -2.06. The van der Waals surface area contributed by atoms with E-state index in [0.29, 0.717) is 10.9 Å². The molecule has 3 rings (SSSR count). The summed E-state index contributed by atoms with van der Waals surface area (Å²) < 4.78 is 2.69. The Morgan fingerprint density at radius 1 is 1.28 bits per heavy atom. The first-order chi connectivity index (χ1) is 11.9. The van der Waals surface area contributed by atoms with Crippen LogP contribution >= 0.6 is 11.8 Å². The van der Waals surface area contributed by atoms with E-state index in [2.05, 4.69) is 9.97 Å². The number of amides is 1. The van der Waals surface area contributed by atoms with E-state index in [0.717, 1.165) is 11.1 Å². The van der Waals surface area contributed by atoms with Gasteiger partial charge in [0.2, 0.25) is 5.91 Å². The van der Waals surface area contributed by atoms with Gasteiger partial charge in [0.05, 0.1) is 0 Å². The number of carbonyl (C=O) groups is 1. The summed E-state index contributed by atoms with van der Waals surface area (Å²) in [6.07, 6.45) is 0. The first-order valence-electron chi connectivity index (χ1n) is 7.53. The summed E-state index contributed by atoms with van der Waals surface area (Å²) in [5.74, 6) is 0.0125. The van der Waals surface area contributed by atoms with Crippen molar-refractivity contribution in [2.24, 2.45) is 12.8 Å². The number of aromatic nitrogens is 4. The number of thioether (sulfide) groups is 1. The lowest BCUT2D eigenvalue weighted by atomic mass is 10.2. The smallest absolute Gasteiger partial charge is 0.329 e. The Morgan fingerprint density at radius 2 is 1.96 bits per heavy atom. The summed E-state index contributed by atoms with van der Waals surface area (Å²) >= 11 is 1.37. The third kappa shape index (κ3) is 3.36. The topological polar surface area (TPSA) is 116 Å². The van der Waals surface area contributed by atoms with Crippen LogP contribution in [0.2, 0.25) is 0 Å². The van der Waals surface area contributed by atoms with Gasteiger partial charge in [0.15, 0.2) is 16.3 Å². The van der Waals surface area contributed by atoms with Gasteiger partial charge in [-0.1, -0.05) is 41.6 Å². The van der Waals surface area contributed by atoms with Gasteiger partial charge in [-0.05, 0) is 12.5 Å². The fraction of sp³-hybridized carbons (Fsp3) is 0.250. The fourth-order valence-corrected chi connectivity index (χ4v) is 3.41. The predicted molar refractivity (Wildman–Crippen MR) is 95.5 cm³/mol. The van der Waals surface area contributed by atoms with Gasteiger partial charge >= 0.3 is 5.69 Å². The monoisotopic (exact) mass is 359 g/mol. The molecule has 25 heavy (non-hydrogen) atoms. The van der Waals surface area contributed by atoms with Crippen LogP contribution in [0, 0.1) is 6.92 Å². The zero-order valence-electron chi connectivity index (χ0n) is 13.8. The van der Waals surface area contributed by atoms with E-state index in [1.807, 2.05) is 31.2 Å². The molecular weight excluding hydrogens is 342 g/mol. The Morgan fingerprint density at radius 3 is 2.60 bits per heavy atom. The van der Waals surface area contributed by atoms with Crippen molar-refractivity contribution in [1.82, 2.24) is 19.1 Å². The van der Waals surface area contributed by atoms with Gasteiger partial charge in [0.25, 0.3) is 5.56 Å². The van der Waals surface area contributed by atoms with Gasteiger partial charge in [0.1, 0.15) is 6.54 Å². The van der Waals surface area contributed by atoms with Crippen LogP contribution in [-0.4, -0.2) is 25.0 Å². The maximum Gasteiger partial charge on any atom is 0.329 e. The van der Waals surface area contributed by atoms with Gasteiger partial charge < -0.3 is 10.3 Å². The zero-order valence-corrected chi connectivity index (χ0v) is 14.6. The number of nitrogens with zero attached hydrogens (tertiary/aromatic N) is 3. The minimum atomic E-state index is -0.593. The Hall–Kier alpha value is -2.81. The van der Waals surface area contributed by atoms with E-state index in [-0.39, 0.29) is 17.7 Å². The second-order valence-corrected chi connectivity index (χ2v) is 6.65. The number of rotatable bonds is 5. The summed E-state index contributed by atoms with van der Waals surface area (Å²) in [7, 11) is 1.51. The number of benzene rings is 1. The summed E-state index contributed by atoms with van der Waals surface area (Å²) in [5.41, 5.74) is 6.79. The Balaban J connectivity index is 2.06. The Labute approximate surface area is 146 Å². The number of fused-ring (bicyclic) bond motifs is 1. The lowest BCUT2D eigenvalue weighted by Crippen LogP contribution is -2.30. The molecule has 1 aromatic carbocycles. The average Bonchev–Trinajstić information content (AvgIpc) is 2.91. The van der Waals surface area contributed by atoms with Crippen molar-refractivity contribution in [2.45, 2.75) is 24.4 Å². The van der Waals surface area contributed by atoms with Crippen molar-refractivity contribution in [3.63, 3.8) is 0 Å². The molecule has 2 heterocycles. The van der Waals surface area contributed by atoms with Crippen molar-refractivity contribution < 1.29 is 4.79 Å². The average molecular weight is 359 g/mol. The number of primary amides is 1. The molecule has 0 saturated heterocycles. The highest BCUT2D eigenvalue weighted by Gasteiger charge is 2.18. The van der Waals surface area contributed by atoms with Crippen molar-refractivity contribution in [2.75, 3.05) is 0 Å². The minimum absolute atomic E-state index is 0.160. The fourth-order valence-electron chi connectivity index (χ4n) is 2.46. The van der Waals surface area contributed by atoms with Crippen LogP contribution in [-0.2, 0) is 24.1 Å². The van der Waals surface area contributed by atoms with Gasteiger partial charge in [-0.2, -0.15) is 0 Å². The number of nitrogens with two attached hydrogens (primary N) is 1. The van der Waals surface area contributed by atoms with Crippen LogP contribution < -0.4 is 17.0 Å². The third-order valence-electron chi connectivity index (χ3n) is 3.77. The molecule has 8 nitrogen and oxygen atoms in total. The summed E-state index contributed by atoms with van der Waals surface area (Å²) in [6, 6.07) is 8.03. The minimum Gasteiger partial charge on any atom is -0.368 e. The molecule has 0 aliphatic rings. The molecule has 0 aliphatic heterocycles. The van der Waals surface area contributed by atoms with Gasteiger partial charge in [-0.15, -0.1) is 0 Å². The number of imidazole rings is 1. The van der Waals surface area contributed by atoms with Crippen molar-refractivity contribution in [1.29, 1.82) is 0 Å². The lowest BCUT2D eigenvalue weighted by molar-refractivity contribution is -0.118. The Kier molecular flexibility index (Phi) is 4.49. The molecule has 0 radical (unpaired) electrons. The van der Waals surface area contributed by atoms with E-state index >= 15 is 0 Å². The Bertz CT molecular complexity index is 1060. The normalized spacial score (nSPS) is 11.1. The molecule has 3 aromatic rings. The summed E-state index contributed by atoms with van der Waals surface area (Å²) in [5, 5.41) is 0.459. The van der Waals surface area contributed by atoms with Crippen LogP contribution in [0.3, 0.4) is 0 Å². The van der Waals surface area contributed by atoms with E-state index in [1.165, 1.54) is 27.9 Å². The highest BCUT2D eigenvalue weighted by molar-refractivity contribution is 7.98. The summed E-state index contributed by atoms with van der Waals surface area (Å²) in [6.45, 7) is 1.82. The second kappa shape index (κ2) is 6.60. The number of carbonyl (C=O) groups excluding carboxylic acids is 1. The number of nitrogens with one attached hydrogen (secondary N) is 1. The molecule has 0 fully saturated rings. The maximum atomic E-state index is 12.2. The van der Waals surface area contributed by atoms with Gasteiger partial charge in [-0.3, -0.25) is 19.1 Å². The molecule has 2 aromatic heterocycles. The quantitative estimate of drug-likeness (QED) is 0.644. The number of aromatic amines is 1. The molecule has 0 unspecified atom stereocenters. The largest absolute Gasteiger partial charge is 0.368 e. The van der Waals surface area contributed by atoms with E-state index in [1.54, 1.807) is 0 Å². The third-order valence-corrected chi connectivity index (χ3v) is 4.82. The molecule has 130 valence electrons. The zero-order chi connectivity index (χ0) is 18.1. The van der Waals surface area contributed by atoms with Crippen LogP contribution in [0.15, 0.2) is 39.0 Å². The van der Waals surface area contributed by atoms with E-state index < -0.39 is 17.2 Å². The van der Waals surface area contributed by atoms with E-state index in [4.69, 9.17) is 5.73 Å². The number of hydrogen-bond acceptors (Lipinski definition) is 5. The highest BCUT2D eigenvalue weighted by Crippen LogP contribution is 2.25. The van der Waals surface area contributed by atoms with Crippen molar-refractivity contribution in [3.8, 4) is 0 Å². The summed E-state index contributed by atoms with van der Waals surface area (Å²) in [4.78, 5) is 42.0. The first kappa shape index (κ1) is 17.0. The molecule has 0 saturated carbocycles.